The second-order valence-corrected chi connectivity index (χ2v) is 7.25. The zero-order chi connectivity index (χ0) is 24.2. The van der Waals surface area contributed by atoms with Crippen LogP contribution in [0.15, 0.2) is 41.5 Å². The van der Waals surface area contributed by atoms with Gasteiger partial charge in [0.15, 0.2) is 18.1 Å². The van der Waals surface area contributed by atoms with Crippen molar-refractivity contribution >= 4 is 29.6 Å². The quantitative estimate of drug-likeness (QED) is 0.290. The summed E-state index contributed by atoms with van der Waals surface area (Å²) < 4.78 is 11.3. The summed E-state index contributed by atoms with van der Waals surface area (Å²) in [6.07, 6.45) is 2.11. The summed E-state index contributed by atoms with van der Waals surface area (Å²) in [5, 5.41) is 9.10. The number of carbonyl (C=O) groups excluding carboxylic acids is 3. The van der Waals surface area contributed by atoms with Gasteiger partial charge in [-0.1, -0.05) is 19.1 Å². The SMILES string of the molecule is CCCNC(=O)C(=O)N/N=C\c1ccc(OCC(=O)Nc2cc(C)ccc2C)c(OCC)c1. The van der Waals surface area contributed by atoms with Gasteiger partial charge in [0.25, 0.3) is 5.91 Å². The second kappa shape index (κ2) is 12.8. The average molecular weight is 455 g/mol. The number of nitrogens with one attached hydrogen (secondary N) is 3. The first-order valence-corrected chi connectivity index (χ1v) is 10.7. The van der Waals surface area contributed by atoms with Crippen molar-refractivity contribution in [3.8, 4) is 11.5 Å². The van der Waals surface area contributed by atoms with Crippen molar-refractivity contribution < 1.29 is 23.9 Å². The first-order valence-electron chi connectivity index (χ1n) is 10.7. The fourth-order valence-electron chi connectivity index (χ4n) is 2.73. The fourth-order valence-corrected chi connectivity index (χ4v) is 2.73. The summed E-state index contributed by atoms with van der Waals surface area (Å²) in [6.45, 7) is 8.20. The Kier molecular flexibility index (Phi) is 9.88. The molecule has 0 saturated carbocycles. The van der Waals surface area contributed by atoms with E-state index < -0.39 is 11.8 Å². The molecule has 0 spiro atoms. The maximum absolute atomic E-state index is 12.3. The van der Waals surface area contributed by atoms with Gasteiger partial charge in [0.2, 0.25) is 0 Å². The van der Waals surface area contributed by atoms with Crippen molar-refractivity contribution in [3.05, 3.63) is 53.1 Å². The predicted octanol–water partition coefficient (Wildman–Crippen LogP) is 2.70. The van der Waals surface area contributed by atoms with Crippen LogP contribution in [0.3, 0.4) is 0 Å². The molecule has 3 N–H and O–H groups in total. The summed E-state index contributed by atoms with van der Waals surface area (Å²) in [4.78, 5) is 35.5. The third kappa shape index (κ3) is 8.29. The average Bonchev–Trinajstić information content (AvgIpc) is 2.79. The van der Waals surface area contributed by atoms with E-state index in [2.05, 4.69) is 21.2 Å². The molecule has 2 rings (SSSR count). The summed E-state index contributed by atoms with van der Waals surface area (Å²) in [7, 11) is 0. The summed E-state index contributed by atoms with van der Waals surface area (Å²) >= 11 is 0. The van der Waals surface area contributed by atoms with E-state index in [0.717, 1.165) is 23.2 Å². The van der Waals surface area contributed by atoms with Crippen molar-refractivity contribution in [3.63, 3.8) is 0 Å². The lowest BCUT2D eigenvalue weighted by Crippen LogP contribution is -2.38. The molecule has 0 saturated heterocycles. The monoisotopic (exact) mass is 454 g/mol. The van der Waals surface area contributed by atoms with Crippen LogP contribution >= 0.6 is 0 Å². The molecule has 2 aromatic carbocycles. The molecule has 0 radical (unpaired) electrons. The zero-order valence-electron chi connectivity index (χ0n) is 19.4. The highest BCUT2D eigenvalue weighted by molar-refractivity contribution is 6.35. The van der Waals surface area contributed by atoms with Crippen LogP contribution in [0.5, 0.6) is 11.5 Å². The molecule has 0 bridgehead atoms. The van der Waals surface area contributed by atoms with E-state index in [0.29, 0.717) is 30.2 Å². The van der Waals surface area contributed by atoms with Crippen LogP contribution < -0.4 is 25.5 Å². The Balaban J connectivity index is 1.98. The van der Waals surface area contributed by atoms with Gasteiger partial charge < -0.3 is 20.1 Å². The lowest BCUT2D eigenvalue weighted by Gasteiger charge is -2.13. The van der Waals surface area contributed by atoms with Gasteiger partial charge in [-0.25, -0.2) is 5.43 Å². The highest BCUT2D eigenvalue weighted by Gasteiger charge is 2.12. The van der Waals surface area contributed by atoms with Gasteiger partial charge in [-0.15, -0.1) is 0 Å². The highest BCUT2D eigenvalue weighted by Crippen LogP contribution is 2.28. The van der Waals surface area contributed by atoms with Crippen LogP contribution in [0, 0.1) is 13.8 Å². The van der Waals surface area contributed by atoms with Crippen molar-refractivity contribution in [1.82, 2.24) is 10.7 Å². The number of ether oxygens (including phenoxy) is 2. The van der Waals surface area contributed by atoms with Crippen LogP contribution in [-0.4, -0.2) is 43.7 Å². The van der Waals surface area contributed by atoms with Crippen LogP contribution in [0.2, 0.25) is 0 Å². The van der Waals surface area contributed by atoms with Crippen molar-refractivity contribution in [2.45, 2.75) is 34.1 Å². The molecular weight excluding hydrogens is 424 g/mol. The minimum absolute atomic E-state index is 0.191. The van der Waals surface area contributed by atoms with E-state index in [1.165, 1.54) is 6.21 Å². The molecule has 0 unspecified atom stereocenters. The molecule has 2 aromatic rings. The van der Waals surface area contributed by atoms with E-state index >= 15 is 0 Å². The minimum atomic E-state index is -0.848. The Bertz CT molecular complexity index is 1020. The maximum atomic E-state index is 12.3. The number of rotatable bonds is 10. The molecule has 9 heteroatoms. The lowest BCUT2D eigenvalue weighted by molar-refractivity contribution is -0.139. The third-order valence-corrected chi connectivity index (χ3v) is 4.42. The number of anilines is 1. The standard InChI is InChI=1S/C24H30N4O5/c1-5-11-25-23(30)24(31)28-26-14-18-9-10-20(21(13-18)32-6-2)33-15-22(29)27-19-12-16(3)7-8-17(19)4/h7-10,12-14H,5-6,11,15H2,1-4H3,(H,25,30)(H,27,29)(H,28,31)/b26-14-. The molecule has 9 nitrogen and oxygen atoms in total. The van der Waals surface area contributed by atoms with Crippen LogP contribution in [0.4, 0.5) is 5.69 Å². The normalized spacial score (nSPS) is 10.5. The van der Waals surface area contributed by atoms with E-state index in [9.17, 15) is 14.4 Å². The number of nitrogens with zero attached hydrogens (tertiary/aromatic N) is 1. The van der Waals surface area contributed by atoms with Crippen molar-refractivity contribution in [2.75, 3.05) is 25.1 Å². The predicted molar refractivity (Wildman–Crippen MR) is 127 cm³/mol. The molecule has 0 aliphatic rings. The topological polar surface area (TPSA) is 118 Å². The Labute approximate surface area is 193 Å². The van der Waals surface area contributed by atoms with E-state index in [1.807, 2.05) is 45.9 Å². The Morgan fingerprint density at radius 3 is 2.48 bits per heavy atom. The van der Waals surface area contributed by atoms with Gasteiger partial charge in [-0.3, -0.25) is 14.4 Å². The number of hydrogen-bond donors (Lipinski definition) is 3. The molecule has 33 heavy (non-hydrogen) atoms. The second-order valence-electron chi connectivity index (χ2n) is 7.25. The molecule has 0 aliphatic heterocycles. The largest absolute Gasteiger partial charge is 0.490 e. The first kappa shape index (κ1) is 25.4. The summed E-state index contributed by atoms with van der Waals surface area (Å²) in [5.74, 6) is -1.06. The fraction of sp³-hybridized carbons (Fsp3) is 0.333. The van der Waals surface area contributed by atoms with Gasteiger partial charge in [0.1, 0.15) is 0 Å². The summed E-state index contributed by atoms with van der Waals surface area (Å²) in [5.41, 5.74) is 5.53. The minimum Gasteiger partial charge on any atom is -0.490 e. The van der Waals surface area contributed by atoms with Crippen LogP contribution in [0.25, 0.3) is 0 Å². The first-order chi connectivity index (χ1) is 15.8. The highest BCUT2D eigenvalue weighted by atomic mass is 16.5. The molecule has 0 heterocycles. The third-order valence-electron chi connectivity index (χ3n) is 4.42. The Morgan fingerprint density at radius 1 is 0.970 bits per heavy atom. The van der Waals surface area contributed by atoms with Crippen molar-refractivity contribution in [2.24, 2.45) is 5.10 Å². The van der Waals surface area contributed by atoms with Crippen LogP contribution in [-0.2, 0) is 14.4 Å². The van der Waals surface area contributed by atoms with Gasteiger partial charge in [-0.05, 0) is 68.1 Å². The number of amides is 3. The molecule has 176 valence electrons. The molecule has 0 atom stereocenters. The van der Waals surface area contributed by atoms with Crippen LogP contribution in [0.1, 0.15) is 37.0 Å². The molecule has 3 amide bonds. The summed E-state index contributed by atoms with van der Waals surface area (Å²) in [6, 6.07) is 10.8. The molecule has 0 aromatic heterocycles. The van der Waals surface area contributed by atoms with Gasteiger partial charge in [-0.2, -0.15) is 5.10 Å². The maximum Gasteiger partial charge on any atom is 0.329 e. The molecule has 0 aliphatic carbocycles. The van der Waals surface area contributed by atoms with E-state index in [4.69, 9.17) is 9.47 Å². The van der Waals surface area contributed by atoms with Crippen molar-refractivity contribution in [1.29, 1.82) is 0 Å². The zero-order valence-corrected chi connectivity index (χ0v) is 19.4. The smallest absolute Gasteiger partial charge is 0.329 e. The van der Waals surface area contributed by atoms with E-state index in [-0.39, 0.29) is 12.5 Å². The van der Waals surface area contributed by atoms with Gasteiger partial charge in [0.05, 0.1) is 12.8 Å². The van der Waals surface area contributed by atoms with E-state index in [1.54, 1.807) is 18.2 Å². The number of hydrazone groups is 1. The molecule has 0 fully saturated rings. The van der Waals surface area contributed by atoms with Gasteiger partial charge in [0, 0.05) is 12.2 Å². The number of aryl methyl sites for hydroxylation is 2. The Hall–Kier alpha value is -3.88. The molecular formula is C24H30N4O5. The number of hydrogen-bond acceptors (Lipinski definition) is 6. The lowest BCUT2D eigenvalue weighted by atomic mass is 10.1. The Morgan fingerprint density at radius 2 is 1.76 bits per heavy atom. The number of benzene rings is 2. The number of carbonyl (C=O) groups is 3. The van der Waals surface area contributed by atoms with Gasteiger partial charge >= 0.3 is 11.8 Å².